The van der Waals surface area contributed by atoms with Crippen LogP contribution >= 0.6 is 12.4 Å². The Morgan fingerprint density at radius 2 is 1.82 bits per heavy atom. The number of rotatable bonds is 2. The summed E-state index contributed by atoms with van der Waals surface area (Å²) >= 11 is 0. The normalized spacial score (nSPS) is 16.0. The average Bonchev–Trinajstić information content (AvgIpc) is 3.47. The van der Waals surface area contributed by atoms with Gasteiger partial charge in [0.1, 0.15) is 5.58 Å². The van der Waals surface area contributed by atoms with Gasteiger partial charge in [-0.3, -0.25) is 24.7 Å². The fraction of sp³-hybridized carbons (Fsp3) is 0.200. The predicted octanol–water partition coefficient (Wildman–Crippen LogP) is 3.18. The van der Waals surface area contributed by atoms with E-state index in [2.05, 4.69) is 20.9 Å². The van der Waals surface area contributed by atoms with E-state index in [0.717, 1.165) is 21.9 Å². The van der Waals surface area contributed by atoms with E-state index in [1.54, 1.807) is 31.6 Å². The van der Waals surface area contributed by atoms with Crippen LogP contribution < -0.4 is 5.32 Å². The third-order valence-electron chi connectivity index (χ3n) is 6.52. The van der Waals surface area contributed by atoms with Gasteiger partial charge in [0, 0.05) is 67.0 Å². The maximum absolute atomic E-state index is 13.1. The van der Waals surface area contributed by atoms with E-state index < -0.39 is 11.8 Å². The number of benzene rings is 1. The highest BCUT2D eigenvalue weighted by Crippen LogP contribution is 2.39. The highest BCUT2D eigenvalue weighted by Gasteiger charge is 2.35. The molecule has 0 atom stereocenters. The summed E-state index contributed by atoms with van der Waals surface area (Å²) in [6, 6.07) is 7.75. The van der Waals surface area contributed by atoms with E-state index in [1.807, 2.05) is 23.2 Å². The first kappa shape index (κ1) is 21.9. The Hall–Kier alpha value is -3.91. The number of fused-ring (bicyclic) bond motifs is 1. The van der Waals surface area contributed by atoms with Gasteiger partial charge < -0.3 is 13.9 Å². The van der Waals surface area contributed by atoms with Gasteiger partial charge in [-0.1, -0.05) is 18.2 Å². The molecule has 0 aliphatic carbocycles. The number of carbonyl (C=O) groups excluding carboxylic acids is 3. The van der Waals surface area contributed by atoms with Crippen molar-refractivity contribution in [2.75, 3.05) is 13.1 Å². The monoisotopic (exact) mass is 476 g/mol. The van der Waals surface area contributed by atoms with E-state index in [0.29, 0.717) is 48.3 Å². The Morgan fingerprint density at radius 1 is 1.03 bits per heavy atom. The number of para-hydroxylation sites is 1. The predicted molar refractivity (Wildman–Crippen MR) is 129 cm³/mol. The molecule has 9 heteroatoms. The summed E-state index contributed by atoms with van der Waals surface area (Å²) < 4.78 is 7.72. The van der Waals surface area contributed by atoms with Crippen molar-refractivity contribution in [2.45, 2.75) is 19.9 Å². The number of imide groups is 1. The summed E-state index contributed by atoms with van der Waals surface area (Å²) in [6.07, 6.45) is 7.39. The van der Waals surface area contributed by atoms with Crippen LogP contribution in [0.5, 0.6) is 0 Å². The summed E-state index contributed by atoms with van der Waals surface area (Å²) in [5.41, 5.74) is 4.40. The lowest BCUT2D eigenvalue weighted by molar-refractivity contribution is -0.129. The quantitative estimate of drug-likeness (QED) is 0.448. The van der Waals surface area contributed by atoms with Crippen LogP contribution in [0, 0.1) is 0 Å². The molecule has 0 fully saturated rings. The Kier molecular flexibility index (Phi) is 5.25. The number of pyridine rings is 1. The van der Waals surface area contributed by atoms with Crippen LogP contribution in [0.1, 0.15) is 23.6 Å². The molecule has 5 heterocycles. The minimum atomic E-state index is -0.468. The molecule has 4 aromatic rings. The van der Waals surface area contributed by atoms with Gasteiger partial charge >= 0.3 is 0 Å². The Bertz CT molecular complexity index is 1530. The first-order valence-electron chi connectivity index (χ1n) is 10.8. The smallest absolute Gasteiger partial charge is 0.259 e. The van der Waals surface area contributed by atoms with Crippen LogP contribution in [-0.2, 0) is 27.3 Å². The van der Waals surface area contributed by atoms with Crippen molar-refractivity contribution in [3.63, 3.8) is 0 Å². The van der Waals surface area contributed by atoms with E-state index in [4.69, 9.17) is 4.42 Å². The molecule has 1 N–H and O–H groups in total. The summed E-state index contributed by atoms with van der Waals surface area (Å²) in [4.78, 5) is 44.1. The van der Waals surface area contributed by atoms with E-state index >= 15 is 0 Å². The lowest BCUT2D eigenvalue weighted by Crippen LogP contribution is -2.34. The van der Waals surface area contributed by atoms with Gasteiger partial charge in [0.25, 0.3) is 11.8 Å². The maximum atomic E-state index is 13.1. The Morgan fingerprint density at radius 3 is 2.62 bits per heavy atom. The number of nitrogens with zero attached hydrogens (tertiary/aromatic N) is 3. The molecule has 0 spiro atoms. The number of hydrogen-bond donors (Lipinski definition) is 1. The summed E-state index contributed by atoms with van der Waals surface area (Å²) in [7, 11) is 0. The lowest BCUT2D eigenvalue weighted by atomic mass is 9.95. The van der Waals surface area contributed by atoms with Gasteiger partial charge in [-0.25, -0.2) is 0 Å². The van der Waals surface area contributed by atoms with Crippen LogP contribution in [0.4, 0.5) is 0 Å². The molecule has 172 valence electrons. The Balaban J connectivity index is 0.00000241. The summed E-state index contributed by atoms with van der Waals surface area (Å²) in [6.45, 7) is 3.41. The van der Waals surface area contributed by atoms with Gasteiger partial charge in [0.2, 0.25) is 5.91 Å². The zero-order valence-corrected chi connectivity index (χ0v) is 19.1. The van der Waals surface area contributed by atoms with Crippen LogP contribution in [0.15, 0.2) is 53.5 Å². The fourth-order valence-corrected chi connectivity index (χ4v) is 4.96. The third kappa shape index (κ3) is 3.21. The topological polar surface area (TPSA) is 97.4 Å². The molecule has 0 radical (unpaired) electrons. The molecule has 0 bridgehead atoms. The van der Waals surface area contributed by atoms with Gasteiger partial charge in [-0.15, -0.1) is 12.4 Å². The van der Waals surface area contributed by atoms with Crippen LogP contribution in [0.2, 0.25) is 0 Å². The average molecular weight is 477 g/mol. The van der Waals surface area contributed by atoms with Crippen molar-refractivity contribution in [3.8, 4) is 0 Å². The van der Waals surface area contributed by atoms with Gasteiger partial charge in [-0.05, 0) is 18.1 Å². The van der Waals surface area contributed by atoms with Crippen molar-refractivity contribution in [1.29, 1.82) is 0 Å². The largest absolute Gasteiger partial charge is 0.464 e. The Labute approximate surface area is 200 Å². The molecule has 0 saturated heterocycles. The molecule has 0 unspecified atom stereocenters. The van der Waals surface area contributed by atoms with Crippen molar-refractivity contribution >= 4 is 63.1 Å². The first-order chi connectivity index (χ1) is 16.0. The van der Waals surface area contributed by atoms with Crippen LogP contribution in [-0.4, -0.2) is 45.3 Å². The molecule has 3 aromatic heterocycles. The lowest BCUT2D eigenvalue weighted by Gasteiger charge is -2.24. The standard InChI is InChI=1S/C25H20N4O4.ClH/c1-14(30)28-7-5-15-3-2-4-17-19(13-29(9-8-28)22(15)17)21-20(24(31)27-25(21)32)18-12-26-11-16-6-10-33-23(16)18;/h2-4,6,10-13H,5,7-9H2,1H3,(H,27,31,32);1H. The molecule has 2 aliphatic rings. The van der Waals surface area contributed by atoms with E-state index in [1.165, 1.54) is 0 Å². The second kappa shape index (κ2) is 8.14. The SMILES string of the molecule is CC(=O)N1CCc2cccc3c(C4=C(c5cncc6ccoc56)C(=O)NC4=O)cn(c23)CC1.Cl. The number of furan rings is 1. The highest BCUT2D eigenvalue weighted by molar-refractivity contribution is 6.50. The number of aromatic nitrogens is 2. The number of hydrogen-bond acceptors (Lipinski definition) is 5. The van der Waals surface area contributed by atoms with Crippen molar-refractivity contribution in [1.82, 2.24) is 19.8 Å². The van der Waals surface area contributed by atoms with E-state index in [9.17, 15) is 14.4 Å². The number of amides is 3. The molecular weight excluding hydrogens is 456 g/mol. The minimum absolute atomic E-state index is 0. The minimum Gasteiger partial charge on any atom is -0.464 e. The molecule has 34 heavy (non-hydrogen) atoms. The second-order valence-corrected chi connectivity index (χ2v) is 8.36. The summed E-state index contributed by atoms with van der Waals surface area (Å²) in [5.74, 6) is -0.865. The number of carbonyl (C=O) groups is 3. The molecule has 0 saturated carbocycles. The zero-order valence-electron chi connectivity index (χ0n) is 18.3. The fourth-order valence-electron chi connectivity index (χ4n) is 4.96. The molecule has 2 aliphatic heterocycles. The van der Waals surface area contributed by atoms with E-state index in [-0.39, 0.29) is 23.9 Å². The van der Waals surface area contributed by atoms with Crippen molar-refractivity contribution in [2.24, 2.45) is 0 Å². The highest BCUT2D eigenvalue weighted by atomic mass is 35.5. The molecule has 3 amide bonds. The molecule has 8 nitrogen and oxygen atoms in total. The maximum Gasteiger partial charge on any atom is 0.259 e. The third-order valence-corrected chi connectivity index (χ3v) is 6.52. The first-order valence-corrected chi connectivity index (χ1v) is 10.8. The second-order valence-electron chi connectivity index (χ2n) is 8.36. The van der Waals surface area contributed by atoms with Gasteiger partial charge in [0.15, 0.2) is 0 Å². The zero-order chi connectivity index (χ0) is 22.7. The van der Waals surface area contributed by atoms with Crippen LogP contribution in [0.3, 0.4) is 0 Å². The van der Waals surface area contributed by atoms with Crippen LogP contribution in [0.25, 0.3) is 33.0 Å². The molecule has 6 rings (SSSR count). The van der Waals surface area contributed by atoms with Crippen molar-refractivity contribution in [3.05, 3.63) is 65.8 Å². The summed E-state index contributed by atoms with van der Waals surface area (Å²) in [5, 5.41) is 4.12. The van der Waals surface area contributed by atoms with Gasteiger partial charge in [-0.2, -0.15) is 0 Å². The van der Waals surface area contributed by atoms with Crippen molar-refractivity contribution < 1.29 is 18.8 Å². The molecule has 1 aromatic carbocycles. The molecular formula is C25H21ClN4O4. The number of halogens is 1. The number of nitrogens with one attached hydrogen (secondary N) is 1. The van der Waals surface area contributed by atoms with Gasteiger partial charge in [0.05, 0.1) is 22.9 Å².